The van der Waals surface area contributed by atoms with E-state index < -0.39 is 0 Å². The van der Waals surface area contributed by atoms with Crippen LogP contribution in [0.15, 0.2) is 10.7 Å². The molecule has 19 heavy (non-hydrogen) atoms. The number of nitrogens with two attached hydrogens (primary N) is 1. The number of halogens is 1. The van der Waals surface area contributed by atoms with Crippen molar-refractivity contribution in [1.82, 2.24) is 14.7 Å². The maximum Gasteiger partial charge on any atom is 0.0697 e. The average molecular weight is 331 g/mol. The standard InChI is InChI=1S/C13H23BrN4O/c1-9-6-10(8-19-9)12(15)13-11(14)7-16-18(13)5-4-17(2)3/h7,9-10,12H,4-6,8,15H2,1-3H3. The molecule has 3 atom stereocenters. The highest BCUT2D eigenvalue weighted by Gasteiger charge is 2.31. The highest BCUT2D eigenvalue weighted by atomic mass is 79.9. The van der Waals surface area contributed by atoms with Crippen LogP contribution in [0.3, 0.4) is 0 Å². The summed E-state index contributed by atoms with van der Waals surface area (Å²) in [5.41, 5.74) is 7.52. The van der Waals surface area contributed by atoms with E-state index in [-0.39, 0.29) is 6.04 Å². The third-order valence-corrected chi connectivity index (χ3v) is 4.26. The predicted octanol–water partition coefficient (Wildman–Crippen LogP) is 1.63. The van der Waals surface area contributed by atoms with Crippen molar-refractivity contribution in [2.75, 3.05) is 27.2 Å². The largest absolute Gasteiger partial charge is 0.378 e. The number of nitrogens with zero attached hydrogens (tertiary/aromatic N) is 3. The molecule has 1 aromatic heterocycles. The fraction of sp³-hybridized carbons (Fsp3) is 0.769. The van der Waals surface area contributed by atoms with E-state index in [1.165, 1.54) is 0 Å². The first-order valence-electron chi connectivity index (χ1n) is 6.72. The molecule has 2 rings (SSSR count). The molecule has 1 aliphatic rings. The summed E-state index contributed by atoms with van der Waals surface area (Å²) in [6, 6.07) is -0.0241. The van der Waals surface area contributed by atoms with Gasteiger partial charge >= 0.3 is 0 Å². The van der Waals surface area contributed by atoms with Crippen molar-refractivity contribution >= 4 is 15.9 Å². The Morgan fingerprint density at radius 3 is 2.95 bits per heavy atom. The molecule has 5 nitrogen and oxygen atoms in total. The molecule has 0 aliphatic carbocycles. The van der Waals surface area contributed by atoms with Crippen LogP contribution in [0.2, 0.25) is 0 Å². The quantitative estimate of drug-likeness (QED) is 0.891. The third-order valence-electron chi connectivity index (χ3n) is 3.65. The maximum atomic E-state index is 6.43. The smallest absolute Gasteiger partial charge is 0.0697 e. The second kappa shape index (κ2) is 6.35. The Balaban J connectivity index is 2.11. The molecule has 1 saturated heterocycles. The van der Waals surface area contributed by atoms with Crippen molar-refractivity contribution in [2.24, 2.45) is 11.7 Å². The molecule has 0 aromatic carbocycles. The van der Waals surface area contributed by atoms with Crippen LogP contribution in [0, 0.1) is 5.92 Å². The lowest BCUT2D eigenvalue weighted by Gasteiger charge is -2.21. The fourth-order valence-corrected chi connectivity index (χ4v) is 3.06. The maximum absolute atomic E-state index is 6.43. The van der Waals surface area contributed by atoms with E-state index in [2.05, 4.69) is 46.9 Å². The molecule has 0 radical (unpaired) electrons. The number of rotatable bonds is 5. The Hall–Kier alpha value is -0.430. The zero-order valence-corrected chi connectivity index (χ0v) is 13.4. The van der Waals surface area contributed by atoms with Gasteiger partial charge in [0.2, 0.25) is 0 Å². The minimum absolute atomic E-state index is 0.0241. The van der Waals surface area contributed by atoms with Crippen LogP contribution in [0.25, 0.3) is 0 Å². The number of hydrogen-bond acceptors (Lipinski definition) is 4. The Bertz CT molecular complexity index is 421. The highest BCUT2D eigenvalue weighted by Crippen LogP contribution is 2.33. The van der Waals surface area contributed by atoms with E-state index >= 15 is 0 Å². The lowest BCUT2D eigenvalue weighted by atomic mass is 9.95. The molecule has 0 saturated carbocycles. The van der Waals surface area contributed by atoms with Gasteiger partial charge in [0.05, 0.1) is 41.7 Å². The lowest BCUT2D eigenvalue weighted by Crippen LogP contribution is -2.27. The monoisotopic (exact) mass is 330 g/mol. The Labute approximate surface area is 123 Å². The van der Waals surface area contributed by atoms with Gasteiger partial charge in [0.1, 0.15) is 0 Å². The normalized spacial score (nSPS) is 25.2. The van der Waals surface area contributed by atoms with Gasteiger partial charge in [-0.25, -0.2) is 0 Å². The zero-order chi connectivity index (χ0) is 14.0. The molecular formula is C13H23BrN4O. The van der Waals surface area contributed by atoms with Crippen molar-refractivity contribution in [2.45, 2.75) is 32.0 Å². The van der Waals surface area contributed by atoms with Gasteiger partial charge in [0.15, 0.2) is 0 Å². The molecule has 0 amide bonds. The zero-order valence-electron chi connectivity index (χ0n) is 11.8. The van der Waals surface area contributed by atoms with Crippen molar-refractivity contribution in [3.8, 4) is 0 Å². The summed E-state index contributed by atoms with van der Waals surface area (Å²) in [5, 5.41) is 4.42. The number of ether oxygens (including phenoxy) is 1. The van der Waals surface area contributed by atoms with Crippen LogP contribution in [0.4, 0.5) is 0 Å². The first-order valence-corrected chi connectivity index (χ1v) is 7.51. The Kier molecular flexibility index (Phi) is 5.00. The first-order chi connectivity index (χ1) is 8.99. The van der Waals surface area contributed by atoms with Gasteiger partial charge in [-0.05, 0) is 43.4 Å². The number of hydrogen-bond donors (Lipinski definition) is 1. The third kappa shape index (κ3) is 3.56. The van der Waals surface area contributed by atoms with Crippen LogP contribution in [0.1, 0.15) is 25.1 Å². The van der Waals surface area contributed by atoms with Crippen LogP contribution in [-0.2, 0) is 11.3 Å². The topological polar surface area (TPSA) is 56.3 Å². The minimum Gasteiger partial charge on any atom is -0.378 e. The summed E-state index contributed by atoms with van der Waals surface area (Å²) in [6.45, 7) is 4.65. The van der Waals surface area contributed by atoms with Crippen molar-refractivity contribution in [3.63, 3.8) is 0 Å². The van der Waals surface area contributed by atoms with Crippen molar-refractivity contribution < 1.29 is 4.74 Å². The van der Waals surface area contributed by atoms with E-state index in [0.29, 0.717) is 12.0 Å². The molecule has 1 aromatic rings. The lowest BCUT2D eigenvalue weighted by molar-refractivity contribution is 0.118. The van der Waals surface area contributed by atoms with Gasteiger partial charge in [-0.1, -0.05) is 0 Å². The molecule has 1 fully saturated rings. The van der Waals surface area contributed by atoms with Crippen LogP contribution in [0.5, 0.6) is 0 Å². The van der Waals surface area contributed by atoms with Crippen molar-refractivity contribution in [1.29, 1.82) is 0 Å². The average Bonchev–Trinajstić information content (AvgIpc) is 2.92. The molecule has 3 unspecified atom stereocenters. The summed E-state index contributed by atoms with van der Waals surface area (Å²) >= 11 is 3.57. The van der Waals surface area contributed by atoms with Gasteiger partial charge in [0.25, 0.3) is 0 Å². The van der Waals surface area contributed by atoms with E-state index in [1.807, 2.05) is 10.9 Å². The Morgan fingerprint density at radius 2 is 2.37 bits per heavy atom. The SMILES string of the molecule is CC1CC(C(N)c2c(Br)cnn2CCN(C)C)CO1. The number of likely N-dealkylation sites (N-methyl/N-ethyl adjacent to an activating group) is 1. The molecular weight excluding hydrogens is 308 g/mol. The van der Waals surface area contributed by atoms with Gasteiger partial charge < -0.3 is 15.4 Å². The number of aromatic nitrogens is 2. The van der Waals surface area contributed by atoms with Gasteiger partial charge in [0, 0.05) is 12.5 Å². The van der Waals surface area contributed by atoms with Crippen LogP contribution < -0.4 is 5.73 Å². The summed E-state index contributed by atoms with van der Waals surface area (Å²) in [6.07, 6.45) is 3.17. The minimum atomic E-state index is -0.0241. The molecule has 1 aliphatic heterocycles. The van der Waals surface area contributed by atoms with Gasteiger partial charge in [-0.15, -0.1) is 0 Å². The summed E-state index contributed by atoms with van der Waals surface area (Å²) in [4.78, 5) is 2.14. The first kappa shape index (κ1) is 15.0. The fourth-order valence-electron chi connectivity index (χ4n) is 2.50. The van der Waals surface area contributed by atoms with E-state index in [4.69, 9.17) is 10.5 Å². The molecule has 6 heteroatoms. The summed E-state index contributed by atoms with van der Waals surface area (Å²) in [5.74, 6) is 0.376. The van der Waals surface area contributed by atoms with Gasteiger partial charge in [-0.2, -0.15) is 5.10 Å². The summed E-state index contributed by atoms with van der Waals surface area (Å²) < 4.78 is 8.64. The second-order valence-electron chi connectivity index (χ2n) is 5.57. The predicted molar refractivity (Wildman–Crippen MR) is 78.9 cm³/mol. The van der Waals surface area contributed by atoms with E-state index in [9.17, 15) is 0 Å². The van der Waals surface area contributed by atoms with Crippen LogP contribution in [-0.4, -0.2) is 48.0 Å². The molecule has 0 bridgehead atoms. The van der Waals surface area contributed by atoms with E-state index in [0.717, 1.165) is 36.3 Å². The molecule has 108 valence electrons. The molecule has 2 N–H and O–H groups in total. The summed E-state index contributed by atoms with van der Waals surface area (Å²) in [7, 11) is 4.12. The molecule has 2 heterocycles. The van der Waals surface area contributed by atoms with Crippen LogP contribution >= 0.6 is 15.9 Å². The van der Waals surface area contributed by atoms with Gasteiger partial charge in [-0.3, -0.25) is 4.68 Å². The Morgan fingerprint density at radius 1 is 1.63 bits per heavy atom. The molecule has 0 spiro atoms. The van der Waals surface area contributed by atoms with Crippen molar-refractivity contribution in [3.05, 3.63) is 16.4 Å². The second-order valence-corrected chi connectivity index (χ2v) is 6.42. The highest BCUT2D eigenvalue weighted by molar-refractivity contribution is 9.10. The van der Waals surface area contributed by atoms with E-state index in [1.54, 1.807) is 0 Å².